The molecular weight excluding hydrogens is 202 g/mol. The maximum absolute atomic E-state index is 6.04. The summed E-state index contributed by atoms with van der Waals surface area (Å²) in [5.41, 5.74) is 0.949. The van der Waals surface area contributed by atoms with Gasteiger partial charge >= 0.3 is 0 Å². The molecule has 0 radical (unpaired) electrons. The minimum atomic E-state index is 0.765. The molecule has 66 valence electrons. The van der Waals surface area contributed by atoms with Gasteiger partial charge < -0.3 is 0 Å². The lowest BCUT2D eigenvalue weighted by molar-refractivity contribution is 1.39. The maximum atomic E-state index is 6.04. The van der Waals surface area contributed by atoms with Gasteiger partial charge in [0.1, 0.15) is 0 Å². The molecule has 0 unspecified atom stereocenters. The van der Waals surface area contributed by atoms with Gasteiger partial charge in [-0.1, -0.05) is 11.6 Å². The fourth-order valence-corrected chi connectivity index (χ4v) is 1.87. The van der Waals surface area contributed by atoms with Gasteiger partial charge in [0.25, 0.3) is 0 Å². The Morgan fingerprint density at radius 1 is 1.31 bits per heavy atom. The van der Waals surface area contributed by atoms with Crippen LogP contribution in [0.2, 0.25) is 5.02 Å². The maximum Gasteiger partial charge on any atom is 0.0717 e. The van der Waals surface area contributed by atoms with E-state index in [0.29, 0.717) is 0 Å². The Morgan fingerprint density at radius 3 is 2.92 bits per heavy atom. The van der Waals surface area contributed by atoms with Crippen molar-refractivity contribution in [2.75, 3.05) is 6.26 Å². The van der Waals surface area contributed by atoms with Crippen molar-refractivity contribution in [1.29, 1.82) is 0 Å². The third kappa shape index (κ3) is 1.64. The molecule has 1 nitrogen and oxygen atoms in total. The van der Waals surface area contributed by atoms with E-state index in [1.54, 1.807) is 18.0 Å². The third-order valence-corrected chi connectivity index (χ3v) is 2.95. The molecule has 13 heavy (non-hydrogen) atoms. The monoisotopic (exact) mass is 209 g/mol. The van der Waals surface area contributed by atoms with Crippen molar-refractivity contribution in [3.63, 3.8) is 0 Å². The first-order valence-corrected chi connectivity index (χ1v) is 5.50. The molecule has 0 aliphatic rings. The average molecular weight is 210 g/mol. The van der Waals surface area contributed by atoms with Gasteiger partial charge in [-0.15, -0.1) is 11.8 Å². The Morgan fingerprint density at radius 2 is 2.15 bits per heavy atom. The summed E-state index contributed by atoms with van der Waals surface area (Å²) in [6.07, 6.45) is 3.77. The third-order valence-electron chi connectivity index (χ3n) is 1.90. The van der Waals surface area contributed by atoms with Gasteiger partial charge in [-0.25, -0.2) is 0 Å². The second-order valence-electron chi connectivity index (χ2n) is 2.68. The lowest BCUT2D eigenvalue weighted by atomic mass is 10.2. The van der Waals surface area contributed by atoms with Crippen LogP contribution in [0.4, 0.5) is 0 Å². The summed E-state index contributed by atoms with van der Waals surface area (Å²) in [5.74, 6) is 0. The Bertz CT molecular complexity index is 442. The zero-order valence-corrected chi connectivity index (χ0v) is 8.69. The molecule has 3 heteroatoms. The first-order valence-electron chi connectivity index (χ1n) is 3.89. The minimum Gasteiger partial charge on any atom is -0.256 e. The van der Waals surface area contributed by atoms with Crippen LogP contribution in [0.25, 0.3) is 10.9 Å². The second-order valence-corrected chi connectivity index (χ2v) is 3.96. The summed E-state index contributed by atoms with van der Waals surface area (Å²) in [6.45, 7) is 0. The number of hydrogen-bond acceptors (Lipinski definition) is 2. The van der Waals surface area contributed by atoms with Gasteiger partial charge in [-0.3, -0.25) is 4.98 Å². The van der Waals surface area contributed by atoms with Gasteiger partial charge in [-0.05, 0) is 30.5 Å². The topological polar surface area (TPSA) is 12.9 Å². The number of rotatable bonds is 1. The van der Waals surface area contributed by atoms with E-state index >= 15 is 0 Å². The number of pyridine rings is 1. The summed E-state index contributed by atoms with van der Waals surface area (Å²) >= 11 is 7.74. The van der Waals surface area contributed by atoms with Crippen molar-refractivity contribution in [2.24, 2.45) is 0 Å². The highest BCUT2D eigenvalue weighted by Crippen LogP contribution is 2.25. The molecule has 1 heterocycles. The molecule has 0 aliphatic heterocycles. The molecule has 2 rings (SSSR count). The van der Waals surface area contributed by atoms with Crippen molar-refractivity contribution >= 4 is 34.3 Å². The van der Waals surface area contributed by atoms with Crippen molar-refractivity contribution in [3.05, 3.63) is 35.5 Å². The molecular formula is C10H8ClNS. The number of nitrogens with zero attached hydrogens (tertiary/aromatic N) is 1. The summed E-state index contributed by atoms with van der Waals surface area (Å²) in [6, 6.07) is 7.92. The molecule has 0 N–H and O–H groups in total. The van der Waals surface area contributed by atoms with Crippen LogP contribution in [0.15, 0.2) is 35.4 Å². The fraction of sp³-hybridized carbons (Fsp3) is 0.100. The van der Waals surface area contributed by atoms with Gasteiger partial charge in [0.05, 0.1) is 10.5 Å². The van der Waals surface area contributed by atoms with Crippen molar-refractivity contribution in [3.8, 4) is 0 Å². The summed E-state index contributed by atoms with van der Waals surface area (Å²) in [7, 11) is 0. The van der Waals surface area contributed by atoms with Gasteiger partial charge in [0.2, 0.25) is 0 Å². The number of benzene rings is 1. The van der Waals surface area contributed by atoms with Crippen LogP contribution >= 0.6 is 23.4 Å². The first-order chi connectivity index (χ1) is 6.31. The van der Waals surface area contributed by atoms with Crippen LogP contribution in [0.5, 0.6) is 0 Å². The predicted molar refractivity (Wildman–Crippen MR) is 58.5 cm³/mol. The molecule has 0 saturated heterocycles. The zero-order valence-electron chi connectivity index (χ0n) is 7.12. The molecule has 0 fully saturated rings. The van der Waals surface area contributed by atoms with Crippen molar-refractivity contribution in [1.82, 2.24) is 4.98 Å². The molecule has 0 bridgehead atoms. The minimum absolute atomic E-state index is 0.765. The molecule has 1 aromatic carbocycles. The van der Waals surface area contributed by atoms with Crippen LogP contribution in [0, 0.1) is 0 Å². The average Bonchev–Trinajstić information content (AvgIpc) is 2.18. The predicted octanol–water partition coefficient (Wildman–Crippen LogP) is 3.61. The van der Waals surface area contributed by atoms with Crippen molar-refractivity contribution < 1.29 is 0 Å². The first kappa shape index (κ1) is 8.85. The molecule has 0 amide bonds. The van der Waals surface area contributed by atoms with Crippen molar-refractivity contribution in [2.45, 2.75) is 4.90 Å². The van der Waals surface area contributed by atoms with Crippen LogP contribution < -0.4 is 0 Å². The van der Waals surface area contributed by atoms with E-state index < -0.39 is 0 Å². The number of halogens is 1. The van der Waals surface area contributed by atoms with Crippen LogP contribution in [-0.2, 0) is 0 Å². The van der Waals surface area contributed by atoms with Crippen LogP contribution in [0.3, 0.4) is 0 Å². The number of hydrogen-bond donors (Lipinski definition) is 0. The molecule has 0 saturated carbocycles. The summed E-state index contributed by atoms with van der Waals surface area (Å²) < 4.78 is 0. The summed E-state index contributed by atoms with van der Waals surface area (Å²) in [4.78, 5) is 5.43. The van der Waals surface area contributed by atoms with E-state index in [4.69, 9.17) is 11.6 Å². The molecule has 0 aliphatic carbocycles. The van der Waals surface area contributed by atoms with Crippen LogP contribution in [0.1, 0.15) is 0 Å². The van der Waals surface area contributed by atoms with Crippen LogP contribution in [-0.4, -0.2) is 11.2 Å². The highest BCUT2D eigenvalue weighted by molar-refractivity contribution is 7.98. The number of aromatic nitrogens is 1. The highest BCUT2D eigenvalue weighted by atomic mass is 35.5. The smallest absolute Gasteiger partial charge is 0.0717 e. The lowest BCUT2D eigenvalue weighted by Gasteiger charge is -2.01. The Hall–Kier alpha value is -0.730. The van der Waals surface area contributed by atoms with Gasteiger partial charge in [0, 0.05) is 16.5 Å². The SMILES string of the molecule is CSc1ccc2nccc(Cl)c2c1. The molecule has 2 aromatic rings. The zero-order chi connectivity index (χ0) is 9.26. The van der Waals surface area contributed by atoms with E-state index in [1.165, 1.54) is 4.90 Å². The Kier molecular flexibility index (Phi) is 2.42. The lowest BCUT2D eigenvalue weighted by Crippen LogP contribution is -1.79. The van der Waals surface area contributed by atoms with E-state index in [0.717, 1.165) is 15.9 Å². The van der Waals surface area contributed by atoms with Gasteiger partial charge in [0.15, 0.2) is 0 Å². The van der Waals surface area contributed by atoms with E-state index in [1.807, 2.05) is 18.4 Å². The Balaban J connectivity index is 2.74. The van der Waals surface area contributed by atoms with E-state index in [2.05, 4.69) is 17.1 Å². The van der Waals surface area contributed by atoms with Gasteiger partial charge in [-0.2, -0.15) is 0 Å². The molecule has 0 spiro atoms. The number of fused-ring (bicyclic) bond motifs is 1. The second kappa shape index (κ2) is 3.56. The largest absolute Gasteiger partial charge is 0.256 e. The summed E-state index contributed by atoms with van der Waals surface area (Å²) in [5, 5.41) is 1.79. The number of thioether (sulfide) groups is 1. The van der Waals surface area contributed by atoms with E-state index in [-0.39, 0.29) is 0 Å². The fourth-order valence-electron chi connectivity index (χ4n) is 1.22. The normalized spacial score (nSPS) is 10.6. The molecule has 1 aromatic heterocycles. The van der Waals surface area contributed by atoms with E-state index in [9.17, 15) is 0 Å². The molecule has 0 atom stereocenters. The Labute approximate surface area is 86.1 Å². The standard InChI is InChI=1S/C10H8ClNS/c1-13-7-2-3-10-8(6-7)9(11)4-5-12-10/h2-6H,1H3. The quantitative estimate of drug-likeness (QED) is 0.666. The highest BCUT2D eigenvalue weighted by Gasteiger charge is 1.99.